The number of nitrogens with one attached hydrogen (secondary N) is 1. The number of rotatable bonds is 7. The summed E-state index contributed by atoms with van der Waals surface area (Å²) in [6, 6.07) is 15.8. The lowest BCUT2D eigenvalue weighted by atomic mass is 9.98. The largest absolute Gasteiger partial charge is 0.481 e. The SMILES string of the molecule is O=C(O)C1CCCN(CCN/N=C/c2ccccc2-c2ccccc2Cl)C1. The third-order valence-electron chi connectivity index (χ3n) is 4.81. The van der Waals surface area contributed by atoms with Crippen LogP contribution in [0.4, 0.5) is 0 Å². The molecule has 6 heteroatoms. The molecule has 3 rings (SSSR count). The number of carboxylic acid groups (broad SMARTS) is 1. The van der Waals surface area contributed by atoms with E-state index in [2.05, 4.69) is 15.4 Å². The minimum Gasteiger partial charge on any atom is -0.481 e. The van der Waals surface area contributed by atoms with Crippen LogP contribution in [0.2, 0.25) is 5.02 Å². The maximum absolute atomic E-state index is 11.1. The van der Waals surface area contributed by atoms with Crippen LogP contribution in [0.15, 0.2) is 53.6 Å². The average Bonchev–Trinajstić information content (AvgIpc) is 2.69. The van der Waals surface area contributed by atoms with Gasteiger partial charge in [0.1, 0.15) is 0 Å². The van der Waals surface area contributed by atoms with Crippen molar-refractivity contribution in [2.75, 3.05) is 26.2 Å². The van der Waals surface area contributed by atoms with E-state index in [0.29, 0.717) is 18.1 Å². The molecule has 1 atom stereocenters. The Bertz CT molecular complexity index is 810. The van der Waals surface area contributed by atoms with Gasteiger partial charge in [-0.25, -0.2) is 0 Å². The lowest BCUT2D eigenvalue weighted by Crippen LogP contribution is -2.41. The first-order valence-corrected chi connectivity index (χ1v) is 9.58. The predicted molar refractivity (Wildman–Crippen MR) is 109 cm³/mol. The van der Waals surface area contributed by atoms with Gasteiger partial charge >= 0.3 is 5.97 Å². The van der Waals surface area contributed by atoms with E-state index in [1.165, 1.54) is 0 Å². The third-order valence-corrected chi connectivity index (χ3v) is 5.14. The van der Waals surface area contributed by atoms with Gasteiger partial charge in [0.15, 0.2) is 0 Å². The third kappa shape index (κ3) is 5.31. The standard InChI is InChI=1S/C21H24ClN3O2/c22-20-10-4-3-9-19(20)18-8-2-1-6-16(18)14-24-23-11-13-25-12-5-7-17(15-25)21(26)27/h1-4,6,8-10,14,17,23H,5,7,11-13,15H2,(H,26,27)/b24-14+. The van der Waals surface area contributed by atoms with Crippen LogP contribution in [0.3, 0.4) is 0 Å². The van der Waals surface area contributed by atoms with E-state index in [-0.39, 0.29) is 5.92 Å². The molecular weight excluding hydrogens is 362 g/mol. The van der Waals surface area contributed by atoms with Crippen molar-refractivity contribution in [1.82, 2.24) is 10.3 Å². The smallest absolute Gasteiger partial charge is 0.307 e. The van der Waals surface area contributed by atoms with E-state index in [0.717, 1.165) is 42.6 Å². The minimum absolute atomic E-state index is 0.246. The molecule has 0 aliphatic carbocycles. The minimum atomic E-state index is -0.693. The Kier molecular flexibility index (Phi) is 6.85. The van der Waals surface area contributed by atoms with Crippen LogP contribution in [-0.2, 0) is 4.79 Å². The van der Waals surface area contributed by atoms with Crippen LogP contribution >= 0.6 is 11.6 Å². The van der Waals surface area contributed by atoms with Gasteiger partial charge in [-0.1, -0.05) is 54.1 Å². The summed E-state index contributed by atoms with van der Waals surface area (Å²) >= 11 is 6.33. The number of hydrogen-bond donors (Lipinski definition) is 2. The zero-order chi connectivity index (χ0) is 19.1. The fourth-order valence-corrected chi connectivity index (χ4v) is 3.62. The van der Waals surface area contributed by atoms with Gasteiger partial charge in [-0.3, -0.25) is 4.79 Å². The van der Waals surface area contributed by atoms with Gasteiger partial charge < -0.3 is 15.4 Å². The molecule has 0 bridgehead atoms. The highest BCUT2D eigenvalue weighted by atomic mass is 35.5. The van der Waals surface area contributed by atoms with Crippen LogP contribution in [0, 0.1) is 5.92 Å². The van der Waals surface area contributed by atoms with Crippen molar-refractivity contribution in [2.24, 2.45) is 11.0 Å². The molecular formula is C21H24ClN3O2. The summed E-state index contributed by atoms with van der Waals surface area (Å²) < 4.78 is 0. The van der Waals surface area contributed by atoms with Crippen molar-refractivity contribution < 1.29 is 9.90 Å². The van der Waals surface area contributed by atoms with E-state index in [9.17, 15) is 4.79 Å². The maximum atomic E-state index is 11.1. The Balaban J connectivity index is 1.55. The molecule has 2 aromatic rings. The molecule has 5 nitrogen and oxygen atoms in total. The van der Waals surface area contributed by atoms with Crippen molar-refractivity contribution in [1.29, 1.82) is 0 Å². The highest BCUT2D eigenvalue weighted by molar-refractivity contribution is 6.33. The summed E-state index contributed by atoms with van der Waals surface area (Å²) in [4.78, 5) is 13.3. The summed E-state index contributed by atoms with van der Waals surface area (Å²) in [5, 5.41) is 14.2. The second-order valence-corrected chi connectivity index (χ2v) is 7.12. The van der Waals surface area contributed by atoms with Crippen molar-refractivity contribution in [3.8, 4) is 11.1 Å². The summed E-state index contributed by atoms with van der Waals surface area (Å²) in [6.45, 7) is 3.03. The quantitative estimate of drug-likeness (QED) is 0.433. The lowest BCUT2D eigenvalue weighted by molar-refractivity contribution is -0.143. The highest BCUT2D eigenvalue weighted by Gasteiger charge is 2.24. The first-order valence-electron chi connectivity index (χ1n) is 9.20. The second-order valence-electron chi connectivity index (χ2n) is 6.71. The topological polar surface area (TPSA) is 64.9 Å². The summed E-state index contributed by atoms with van der Waals surface area (Å²) in [5.41, 5.74) is 6.07. The molecule has 0 amide bonds. The van der Waals surface area contributed by atoms with Crippen molar-refractivity contribution in [2.45, 2.75) is 12.8 Å². The van der Waals surface area contributed by atoms with E-state index < -0.39 is 5.97 Å². The summed E-state index contributed by atoms with van der Waals surface area (Å²) in [7, 11) is 0. The number of hydrazone groups is 1. The number of benzene rings is 2. The van der Waals surface area contributed by atoms with Gasteiger partial charge in [0.05, 0.1) is 12.1 Å². The molecule has 1 saturated heterocycles. The van der Waals surface area contributed by atoms with E-state index >= 15 is 0 Å². The van der Waals surface area contributed by atoms with Gasteiger partial charge in [-0.15, -0.1) is 0 Å². The first kappa shape index (κ1) is 19.4. The van der Waals surface area contributed by atoms with Gasteiger partial charge in [-0.05, 0) is 31.0 Å². The van der Waals surface area contributed by atoms with Gasteiger partial charge in [0, 0.05) is 35.8 Å². The number of halogens is 1. The molecule has 0 spiro atoms. The zero-order valence-electron chi connectivity index (χ0n) is 15.1. The van der Waals surface area contributed by atoms with Crippen LogP contribution in [0.25, 0.3) is 11.1 Å². The summed E-state index contributed by atoms with van der Waals surface area (Å²) in [5.74, 6) is -0.938. The monoisotopic (exact) mass is 385 g/mol. The first-order chi connectivity index (χ1) is 13.1. The predicted octanol–water partition coefficient (Wildman–Crippen LogP) is 3.73. The second kappa shape index (κ2) is 9.53. The molecule has 0 saturated carbocycles. The molecule has 1 fully saturated rings. The normalized spacial score (nSPS) is 17.9. The fraction of sp³-hybridized carbons (Fsp3) is 0.333. The molecule has 0 aromatic heterocycles. The molecule has 2 aromatic carbocycles. The van der Waals surface area contributed by atoms with Crippen LogP contribution in [0.5, 0.6) is 0 Å². The molecule has 1 unspecified atom stereocenters. The molecule has 1 aliphatic heterocycles. The molecule has 1 aliphatic rings. The van der Waals surface area contributed by atoms with E-state index in [4.69, 9.17) is 16.7 Å². The molecule has 0 radical (unpaired) electrons. The summed E-state index contributed by atoms with van der Waals surface area (Å²) in [6.07, 6.45) is 3.51. The van der Waals surface area contributed by atoms with Crippen molar-refractivity contribution in [3.05, 3.63) is 59.1 Å². The van der Waals surface area contributed by atoms with Crippen LogP contribution in [0.1, 0.15) is 18.4 Å². The Hall–Kier alpha value is -2.37. The fourth-order valence-electron chi connectivity index (χ4n) is 3.38. The molecule has 142 valence electrons. The number of hydrogen-bond acceptors (Lipinski definition) is 4. The number of likely N-dealkylation sites (tertiary alicyclic amines) is 1. The number of piperidine rings is 1. The molecule has 1 heterocycles. The Morgan fingerprint density at radius 2 is 1.96 bits per heavy atom. The molecule has 27 heavy (non-hydrogen) atoms. The number of carbonyl (C=O) groups is 1. The maximum Gasteiger partial charge on any atom is 0.307 e. The Labute approximate surface area is 164 Å². The van der Waals surface area contributed by atoms with Gasteiger partial charge in [0.2, 0.25) is 0 Å². The van der Waals surface area contributed by atoms with Gasteiger partial charge in [-0.2, -0.15) is 5.10 Å². The van der Waals surface area contributed by atoms with Gasteiger partial charge in [0.25, 0.3) is 0 Å². The van der Waals surface area contributed by atoms with Crippen LogP contribution in [-0.4, -0.2) is 48.4 Å². The number of aliphatic carboxylic acids is 1. The number of nitrogens with zero attached hydrogens (tertiary/aromatic N) is 2. The average molecular weight is 386 g/mol. The zero-order valence-corrected chi connectivity index (χ0v) is 15.9. The molecule has 2 N–H and O–H groups in total. The van der Waals surface area contributed by atoms with E-state index in [1.807, 2.05) is 48.5 Å². The lowest BCUT2D eigenvalue weighted by Gasteiger charge is -2.30. The number of carboxylic acids is 1. The highest BCUT2D eigenvalue weighted by Crippen LogP contribution is 2.29. The van der Waals surface area contributed by atoms with Crippen LogP contribution < -0.4 is 5.43 Å². The van der Waals surface area contributed by atoms with E-state index in [1.54, 1.807) is 6.21 Å². The Morgan fingerprint density at radius 3 is 2.74 bits per heavy atom. The Morgan fingerprint density at radius 1 is 1.22 bits per heavy atom. The van der Waals surface area contributed by atoms with Crippen molar-refractivity contribution >= 4 is 23.8 Å². The van der Waals surface area contributed by atoms with Crippen molar-refractivity contribution in [3.63, 3.8) is 0 Å².